The van der Waals surface area contributed by atoms with Crippen LogP contribution in [0, 0.1) is 11.3 Å². The Balaban J connectivity index is 1.95. The Labute approximate surface area is 197 Å². The molecule has 34 heavy (non-hydrogen) atoms. The molecule has 1 atom stereocenters. The van der Waals surface area contributed by atoms with Crippen molar-refractivity contribution in [3.63, 3.8) is 0 Å². The van der Waals surface area contributed by atoms with Gasteiger partial charge < -0.3 is 24.6 Å². The van der Waals surface area contributed by atoms with Gasteiger partial charge in [0, 0.05) is 11.3 Å². The highest BCUT2D eigenvalue weighted by Gasteiger charge is 2.26. The minimum absolute atomic E-state index is 0.0901. The minimum atomic E-state index is -1.03. The van der Waals surface area contributed by atoms with Crippen LogP contribution >= 0.6 is 0 Å². The van der Waals surface area contributed by atoms with E-state index in [0.717, 1.165) is 0 Å². The zero-order valence-electron chi connectivity index (χ0n) is 18.8. The molecule has 0 saturated carbocycles. The highest BCUT2D eigenvalue weighted by atomic mass is 16.5. The van der Waals surface area contributed by atoms with Gasteiger partial charge in [0.15, 0.2) is 6.04 Å². The second-order valence-corrected chi connectivity index (χ2v) is 7.22. The van der Waals surface area contributed by atoms with Crippen LogP contribution < -0.4 is 14.8 Å². The van der Waals surface area contributed by atoms with Crippen LogP contribution in [0.2, 0.25) is 0 Å². The van der Waals surface area contributed by atoms with E-state index in [2.05, 4.69) is 11.4 Å². The Morgan fingerprint density at radius 1 is 1.06 bits per heavy atom. The molecule has 8 heteroatoms. The van der Waals surface area contributed by atoms with Crippen molar-refractivity contribution < 1.29 is 28.9 Å². The van der Waals surface area contributed by atoms with Gasteiger partial charge in [0.25, 0.3) is 0 Å². The summed E-state index contributed by atoms with van der Waals surface area (Å²) in [7, 11) is 1.29. The number of carboxylic acid groups (broad SMARTS) is 1. The number of aromatic carboxylic acids is 1. The predicted octanol–water partition coefficient (Wildman–Crippen LogP) is 4.56. The molecule has 0 aliphatic rings. The number of carbonyl (C=O) groups is 2. The van der Waals surface area contributed by atoms with Crippen molar-refractivity contribution in [2.45, 2.75) is 19.6 Å². The number of rotatable bonds is 10. The van der Waals surface area contributed by atoms with Gasteiger partial charge in [0.2, 0.25) is 0 Å². The largest absolute Gasteiger partial charge is 0.494 e. The molecule has 0 radical (unpaired) electrons. The number of esters is 1. The maximum Gasteiger partial charge on any atom is 0.335 e. The third-order valence-electron chi connectivity index (χ3n) is 4.93. The van der Waals surface area contributed by atoms with E-state index in [9.17, 15) is 14.7 Å². The van der Waals surface area contributed by atoms with E-state index in [-0.39, 0.29) is 12.2 Å². The SMILES string of the molecule is CCOc1ccc(OCc2cccc(C(=O)O)c2)c(C(Nc2ccc(C#N)cc2)C(=O)OC)c1. The molecule has 8 nitrogen and oxygen atoms in total. The van der Waals surface area contributed by atoms with Gasteiger partial charge in [-0.2, -0.15) is 5.26 Å². The van der Waals surface area contributed by atoms with Crippen LogP contribution in [0.15, 0.2) is 66.7 Å². The van der Waals surface area contributed by atoms with Crippen LogP contribution in [0.25, 0.3) is 0 Å². The molecule has 1 unspecified atom stereocenters. The average Bonchev–Trinajstić information content (AvgIpc) is 2.86. The molecule has 0 bridgehead atoms. The maximum absolute atomic E-state index is 12.8. The van der Waals surface area contributed by atoms with Crippen molar-refractivity contribution in [2.24, 2.45) is 0 Å². The summed E-state index contributed by atoms with van der Waals surface area (Å²) in [5, 5.41) is 21.4. The van der Waals surface area contributed by atoms with Gasteiger partial charge in [0.1, 0.15) is 18.1 Å². The number of nitrogens with zero attached hydrogens (tertiary/aromatic N) is 1. The number of benzene rings is 3. The summed E-state index contributed by atoms with van der Waals surface area (Å²) in [6, 6.07) is 19.3. The minimum Gasteiger partial charge on any atom is -0.494 e. The molecule has 0 fully saturated rings. The van der Waals surface area contributed by atoms with E-state index >= 15 is 0 Å². The Bertz CT molecular complexity index is 1200. The van der Waals surface area contributed by atoms with Gasteiger partial charge >= 0.3 is 11.9 Å². The molecule has 3 aromatic carbocycles. The third kappa shape index (κ3) is 6.04. The van der Waals surface area contributed by atoms with Gasteiger partial charge in [-0.1, -0.05) is 12.1 Å². The normalized spacial score (nSPS) is 11.1. The molecule has 0 saturated heterocycles. The van der Waals surface area contributed by atoms with Crippen molar-refractivity contribution in [3.05, 3.63) is 89.0 Å². The summed E-state index contributed by atoms with van der Waals surface area (Å²) in [5.74, 6) is -0.620. The predicted molar refractivity (Wildman–Crippen MR) is 125 cm³/mol. The molecule has 0 aromatic heterocycles. The van der Waals surface area contributed by atoms with Gasteiger partial charge in [0.05, 0.1) is 30.9 Å². The van der Waals surface area contributed by atoms with Gasteiger partial charge in [-0.05, 0) is 67.1 Å². The van der Waals surface area contributed by atoms with Crippen molar-refractivity contribution in [2.75, 3.05) is 19.0 Å². The number of nitrogens with one attached hydrogen (secondary N) is 1. The number of nitriles is 1. The fourth-order valence-corrected chi connectivity index (χ4v) is 3.28. The van der Waals surface area contributed by atoms with Crippen LogP contribution in [0.4, 0.5) is 5.69 Å². The van der Waals surface area contributed by atoms with E-state index in [1.807, 2.05) is 6.92 Å². The number of anilines is 1. The molecule has 0 heterocycles. The molecular weight excluding hydrogens is 436 g/mol. The summed E-state index contributed by atoms with van der Waals surface area (Å²) >= 11 is 0. The van der Waals surface area contributed by atoms with Crippen LogP contribution in [0.5, 0.6) is 11.5 Å². The Morgan fingerprint density at radius 2 is 1.82 bits per heavy atom. The van der Waals surface area contributed by atoms with Crippen LogP contribution in [0.3, 0.4) is 0 Å². The monoisotopic (exact) mass is 460 g/mol. The summed E-state index contributed by atoms with van der Waals surface area (Å²) in [4.78, 5) is 24.0. The second kappa shape index (κ2) is 11.4. The number of carbonyl (C=O) groups excluding carboxylic acids is 1. The van der Waals surface area contributed by atoms with E-state index in [1.165, 1.54) is 19.2 Å². The van der Waals surface area contributed by atoms with Crippen LogP contribution in [-0.4, -0.2) is 30.8 Å². The average molecular weight is 460 g/mol. The Kier molecular flexibility index (Phi) is 8.08. The summed E-state index contributed by atoms with van der Waals surface area (Å²) in [6.07, 6.45) is 0. The highest BCUT2D eigenvalue weighted by Crippen LogP contribution is 2.33. The second-order valence-electron chi connectivity index (χ2n) is 7.22. The number of hydrogen-bond donors (Lipinski definition) is 2. The first kappa shape index (κ1) is 24.1. The van der Waals surface area contributed by atoms with Crippen LogP contribution in [0.1, 0.15) is 40.0 Å². The standard InChI is InChI=1S/C26H24N2O6/c1-3-33-21-11-12-23(34-16-18-5-4-6-19(13-18)25(29)30)22(14-21)24(26(31)32-2)28-20-9-7-17(15-27)8-10-20/h4-14,24,28H,3,16H2,1-2H3,(H,29,30). The number of methoxy groups -OCH3 is 1. The third-order valence-corrected chi connectivity index (χ3v) is 4.93. The first-order valence-electron chi connectivity index (χ1n) is 10.5. The fourth-order valence-electron chi connectivity index (χ4n) is 3.28. The number of carboxylic acids is 1. The van der Waals surface area contributed by atoms with E-state index in [4.69, 9.17) is 19.5 Å². The maximum atomic E-state index is 12.8. The number of ether oxygens (including phenoxy) is 3. The first-order valence-corrected chi connectivity index (χ1v) is 10.5. The Hall–Kier alpha value is -4.51. The summed E-state index contributed by atoms with van der Waals surface area (Å²) < 4.78 is 16.6. The van der Waals surface area contributed by atoms with Crippen molar-refractivity contribution in [3.8, 4) is 17.6 Å². The molecular formula is C26H24N2O6. The molecule has 2 N–H and O–H groups in total. The quantitative estimate of drug-likeness (QED) is 0.423. The Morgan fingerprint density at radius 3 is 2.47 bits per heavy atom. The highest BCUT2D eigenvalue weighted by molar-refractivity contribution is 5.87. The van der Waals surface area contributed by atoms with E-state index in [0.29, 0.717) is 40.5 Å². The topological polar surface area (TPSA) is 118 Å². The lowest BCUT2D eigenvalue weighted by Crippen LogP contribution is -2.23. The zero-order chi connectivity index (χ0) is 24.5. The van der Waals surface area contributed by atoms with Gasteiger partial charge in [-0.15, -0.1) is 0 Å². The van der Waals surface area contributed by atoms with Crippen molar-refractivity contribution >= 4 is 17.6 Å². The smallest absolute Gasteiger partial charge is 0.335 e. The van der Waals surface area contributed by atoms with E-state index < -0.39 is 18.0 Å². The van der Waals surface area contributed by atoms with Crippen LogP contribution in [-0.2, 0) is 16.1 Å². The molecule has 174 valence electrons. The lowest BCUT2D eigenvalue weighted by molar-refractivity contribution is -0.141. The van der Waals surface area contributed by atoms with Gasteiger partial charge in [-0.3, -0.25) is 0 Å². The molecule has 3 rings (SSSR count). The molecule has 0 aliphatic carbocycles. The van der Waals surface area contributed by atoms with Crippen molar-refractivity contribution in [1.82, 2.24) is 0 Å². The molecule has 3 aromatic rings. The lowest BCUT2D eigenvalue weighted by atomic mass is 10.0. The molecule has 0 amide bonds. The fraction of sp³-hybridized carbons (Fsp3) is 0.192. The molecule has 0 aliphatic heterocycles. The van der Waals surface area contributed by atoms with Gasteiger partial charge in [-0.25, -0.2) is 9.59 Å². The summed E-state index contributed by atoms with van der Waals surface area (Å²) in [6.45, 7) is 2.38. The first-order chi connectivity index (χ1) is 16.4. The van der Waals surface area contributed by atoms with Crippen molar-refractivity contribution in [1.29, 1.82) is 5.26 Å². The van der Waals surface area contributed by atoms with E-state index in [1.54, 1.807) is 54.6 Å². The summed E-state index contributed by atoms with van der Waals surface area (Å²) in [5.41, 5.74) is 2.40. The molecule has 0 spiro atoms. The zero-order valence-corrected chi connectivity index (χ0v) is 18.8. The lowest BCUT2D eigenvalue weighted by Gasteiger charge is -2.22. The number of hydrogen-bond acceptors (Lipinski definition) is 7.